The monoisotopic (exact) mass is 480 g/mol. The number of fused-ring (bicyclic) bond motifs is 3. The highest BCUT2D eigenvalue weighted by Crippen LogP contribution is 2.72. The molecule has 0 radical (unpaired) electrons. The normalized spacial score (nSPS) is 54.8. The topological polar surface area (TPSA) is 137 Å². The van der Waals surface area contributed by atoms with Crippen LogP contribution in [0.4, 0.5) is 0 Å². The molecule has 1 heterocycles. The summed E-state index contributed by atoms with van der Waals surface area (Å²) in [6.07, 6.45) is -0.507. The highest BCUT2D eigenvalue weighted by atomic mass is 16.7. The van der Waals surface area contributed by atoms with Gasteiger partial charge in [-0.15, -0.1) is 0 Å². The van der Waals surface area contributed by atoms with Gasteiger partial charge in [-0.3, -0.25) is 4.79 Å². The highest BCUT2D eigenvalue weighted by molar-refractivity contribution is 5.77. The fourth-order valence-electron chi connectivity index (χ4n) is 9.01. The number of hydrogen-bond acceptors (Lipinski definition) is 8. The van der Waals surface area contributed by atoms with Gasteiger partial charge >= 0.3 is 5.97 Å². The minimum Gasteiger partial charge on any atom is -0.432 e. The molecule has 12 atom stereocenters. The predicted molar refractivity (Wildman–Crippen MR) is 121 cm³/mol. The van der Waals surface area contributed by atoms with E-state index in [4.69, 9.17) is 9.47 Å². The molecule has 1 aliphatic heterocycles. The molecule has 2 bridgehead atoms. The van der Waals surface area contributed by atoms with Gasteiger partial charge in [0.15, 0.2) is 0 Å². The van der Waals surface area contributed by atoms with E-state index in [2.05, 4.69) is 13.5 Å². The Morgan fingerprint density at radius 1 is 1.03 bits per heavy atom. The molecule has 34 heavy (non-hydrogen) atoms. The SMILES string of the molecule is C=C1C2CC[C@@H]3[C@@](CC[C@H]4[C@@]3(C)CCC[C@@]4(C)C(=O)OC3OC(CO)C(O)C(O)C3O)(C2)C1O. The summed E-state index contributed by atoms with van der Waals surface area (Å²) >= 11 is 0. The second-order valence-electron chi connectivity index (χ2n) is 12.2. The number of aliphatic hydroxyl groups is 5. The Morgan fingerprint density at radius 3 is 2.47 bits per heavy atom. The summed E-state index contributed by atoms with van der Waals surface area (Å²) in [5.74, 6) is 0.287. The lowest BCUT2D eigenvalue weighted by molar-refractivity contribution is -0.298. The van der Waals surface area contributed by atoms with Crippen molar-refractivity contribution in [2.24, 2.45) is 34.0 Å². The molecule has 0 aromatic heterocycles. The van der Waals surface area contributed by atoms with Crippen molar-refractivity contribution in [3.05, 3.63) is 12.2 Å². The third-order valence-corrected chi connectivity index (χ3v) is 10.8. The van der Waals surface area contributed by atoms with Crippen LogP contribution in [-0.4, -0.2) is 74.9 Å². The maximum atomic E-state index is 13.7. The van der Waals surface area contributed by atoms with Crippen LogP contribution in [0.5, 0.6) is 0 Å². The van der Waals surface area contributed by atoms with Gasteiger partial charge in [-0.1, -0.05) is 19.9 Å². The van der Waals surface area contributed by atoms with Crippen LogP contribution in [0.25, 0.3) is 0 Å². The minimum atomic E-state index is -1.61. The van der Waals surface area contributed by atoms with Gasteiger partial charge in [0.2, 0.25) is 6.29 Å². The fourth-order valence-corrected chi connectivity index (χ4v) is 9.01. The zero-order valence-corrected chi connectivity index (χ0v) is 20.2. The Bertz CT molecular complexity index is 845. The number of hydrogen-bond donors (Lipinski definition) is 5. The molecular weight excluding hydrogens is 440 g/mol. The molecule has 192 valence electrons. The van der Waals surface area contributed by atoms with Crippen molar-refractivity contribution in [1.29, 1.82) is 0 Å². The number of esters is 1. The third kappa shape index (κ3) is 3.22. The van der Waals surface area contributed by atoms with Crippen molar-refractivity contribution in [1.82, 2.24) is 0 Å². The van der Waals surface area contributed by atoms with Crippen LogP contribution in [0.3, 0.4) is 0 Å². The van der Waals surface area contributed by atoms with Gasteiger partial charge in [0.05, 0.1) is 18.1 Å². The van der Waals surface area contributed by atoms with E-state index in [9.17, 15) is 30.3 Å². The molecule has 1 spiro atoms. The summed E-state index contributed by atoms with van der Waals surface area (Å²) < 4.78 is 11.1. The van der Waals surface area contributed by atoms with Crippen molar-refractivity contribution in [3.8, 4) is 0 Å². The van der Waals surface area contributed by atoms with E-state index in [0.717, 1.165) is 50.5 Å². The van der Waals surface area contributed by atoms with Crippen molar-refractivity contribution in [3.63, 3.8) is 0 Å². The predicted octanol–water partition coefficient (Wildman–Crippen LogP) is 1.27. The van der Waals surface area contributed by atoms with E-state index < -0.39 is 54.8 Å². The summed E-state index contributed by atoms with van der Waals surface area (Å²) in [5, 5.41) is 51.2. The van der Waals surface area contributed by atoms with E-state index >= 15 is 0 Å². The van der Waals surface area contributed by atoms with E-state index in [0.29, 0.717) is 18.3 Å². The zero-order chi connectivity index (χ0) is 24.6. The van der Waals surface area contributed by atoms with Crippen LogP contribution in [-0.2, 0) is 14.3 Å². The number of rotatable bonds is 3. The van der Waals surface area contributed by atoms with Gasteiger partial charge in [-0.25, -0.2) is 0 Å². The van der Waals surface area contributed by atoms with Gasteiger partial charge in [0.25, 0.3) is 0 Å². The molecule has 5 N–H and O–H groups in total. The van der Waals surface area contributed by atoms with Crippen molar-refractivity contribution in [2.75, 3.05) is 6.61 Å². The van der Waals surface area contributed by atoms with Crippen molar-refractivity contribution < 1.29 is 39.8 Å². The number of carbonyl (C=O) groups excluding carboxylic acids is 1. The number of aliphatic hydroxyl groups excluding tert-OH is 5. The van der Waals surface area contributed by atoms with Crippen LogP contribution >= 0.6 is 0 Å². The molecule has 0 aromatic carbocycles. The summed E-state index contributed by atoms with van der Waals surface area (Å²) in [7, 11) is 0. The van der Waals surface area contributed by atoms with Crippen LogP contribution in [0, 0.1) is 34.0 Å². The van der Waals surface area contributed by atoms with Gasteiger partial charge in [-0.2, -0.15) is 0 Å². The van der Waals surface area contributed by atoms with E-state index in [-0.39, 0.29) is 16.7 Å². The number of carbonyl (C=O) groups is 1. The maximum Gasteiger partial charge on any atom is 0.314 e. The average molecular weight is 481 g/mol. The smallest absolute Gasteiger partial charge is 0.314 e. The Hall–Kier alpha value is -1.03. The Kier molecular flexibility index (Phi) is 5.98. The second kappa shape index (κ2) is 8.25. The van der Waals surface area contributed by atoms with E-state index in [1.54, 1.807) is 0 Å². The van der Waals surface area contributed by atoms with Crippen LogP contribution in [0.15, 0.2) is 12.2 Å². The largest absolute Gasteiger partial charge is 0.432 e. The molecule has 4 saturated carbocycles. The molecule has 0 aromatic rings. The molecule has 1 saturated heterocycles. The van der Waals surface area contributed by atoms with E-state index in [1.165, 1.54) is 0 Å². The van der Waals surface area contributed by atoms with Crippen molar-refractivity contribution in [2.45, 2.75) is 102 Å². The van der Waals surface area contributed by atoms with Crippen LogP contribution in [0.2, 0.25) is 0 Å². The Labute approximate surface area is 201 Å². The zero-order valence-electron chi connectivity index (χ0n) is 20.2. The lowest BCUT2D eigenvalue weighted by Crippen LogP contribution is -2.62. The van der Waals surface area contributed by atoms with Gasteiger partial charge in [0.1, 0.15) is 24.4 Å². The second-order valence-corrected chi connectivity index (χ2v) is 12.2. The minimum absolute atomic E-state index is 0.0550. The molecule has 8 nitrogen and oxygen atoms in total. The lowest BCUT2D eigenvalue weighted by Gasteiger charge is -2.64. The average Bonchev–Trinajstić information content (AvgIpc) is 2.98. The summed E-state index contributed by atoms with van der Waals surface area (Å²) in [4.78, 5) is 13.7. The van der Waals surface area contributed by atoms with Crippen LogP contribution in [0.1, 0.15) is 65.2 Å². The summed E-state index contributed by atoms with van der Waals surface area (Å²) in [6.45, 7) is 7.88. The van der Waals surface area contributed by atoms with Crippen LogP contribution < -0.4 is 0 Å². The Balaban J connectivity index is 1.40. The molecule has 0 amide bonds. The maximum absolute atomic E-state index is 13.7. The van der Waals surface area contributed by atoms with Gasteiger partial charge in [-0.05, 0) is 80.6 Å². The third-order valence-electron chi connectivity index (χ3n) is 10.8. The summed E-state index contributed by atoms with van der Waals surface area (Å²) in [6, 6.07) is 0. The first-order valence-electron chi connectivity index (χ1n) is 12.9. The summed E-state index contributed by atoms with van der Waals surface area (Å²) in [5.41, 5.74) is -0.0868. The molecular formula is C26H40O8. The molecule has 5 aliphatic rings. The first-order chi connectivity index (χ1) is 16.0. The fraction of sp³-hybridized carbons (Fsp3) is 0.885. The molecule has 4 aliphatic carbocycles. The van der Waals surface area contributed by atoms with E-state index in [1.807, 2.05) is 6.92 Å². The molecule has 5 rings (SSSR count). The van der Waals surface area contributed by atoms with Gasteiger partial charge < -0.3 is 35.0 Å². The highest BCUT2D eigenvalue weighted by Gasteiger charge is 2.68. The standard InChI is InChI=1S/C26H40O8/c1-13-14-5-6-17-24(2)8-4-9-25(3,16(24)7-10-26(17,11-14)21(13)31)23(32)34-22-20(30)19(29)18(28)15(12-27)33-22/h14-22,27-31H,1,4-12H2,2-3H3/t14?,15?,16-,17-,18?,19?,20?,21?,22?,24+,25+,26+/m0/s1. The molecule has 8 heteroatoms. The first kappa shape index (κ1) is 24.7. The Morgan fingerprint density at radius 2 is 1.76 bits per heavy atom. The van der Waals surface area contributed by atoms with Gasteiger partial charge in [0, 0.05) is 5.41 Å². The number of ether oxygens (including phenoxy) is 2. The quantitative estimate of drug-likeness (QED) is 0.301. The molecule has 7 unspecified atom stereocenters. The van der Waals surface area contributed by atoms with Crippen molar-refractivity contribution >= 4 is 5.97 Å². The lowest BCUT2D eigenvalue weighted by atomic mass is 9.40. The first-order valence-corrected chi connectivity index (χ1v) is 12.9. The molecule has 5 fully saturated rings.